The number of rotatable bonds is 5. The second kappa shape index (κ2) is 9.91. The molecule has 0 saturated carbocycles. The Hall–Kier alpha value is -3.04. The summed E-state index contributed by atoms with van der Waals surface area (Å²) in [5.41, 5.74) is 0.922. The van der Waals surface area contributed by atoms with Gasteiger partial charge in [-0.2, -0.15) is 13.2 Å². The van der Waals surface area contributed by atoms with Crippen LogP contribution < -0.4 is 14.8 Å². The van der Waals surface area contributed by atoms with Crippen LogP contribution in [-0.2, 0) is 12.7 Å². The largest absolute Gasteiger partial charge is 0.486 e. The number of ether oxygens (including phenoxy) is 2. The van der Waals surface area contributed by atoms with Crippen LogP contribution in [0.1, 0.15) is 33.6 Å². The Morgan fingerprint density at radius 2 is 1.77 bits per heavy atom. The number of alkyl halides is 3. The number of hydrogen-bond acceptors (Lipinski definition) is 5. The molecule has 1 aromatic heterocycles. The van der Waals surface area contributed by atoms with E-state index in [1.54, 1.807) is 18.2 Å². The zero-order valence-corrected chi connectivity index (χ0v) is 19.8. The molecule has 1 amide bonds. The normalized spacial score (nSPS) is 16.8. The molecular weight excluding hydrogens is 477 g/mol. The number of piperidine rings is 1. The van der Waals surface area contributed by atoms with Crippen LogP contribution in [-0.4, -0.2) is 43.2 Å². The summed E-state index contributed by atoms with van der Waals surface area (Å²) in [5.74, 6) is 1.39. The van der Waals surface area contributed by atoms with Gasteiger partial charge in [-0.25, -0.2) is 0 Å². The molecule has 0 radical (unpaired) electrons. The number of carbonyl (C=O) groups is 1. The van der Waals surface area contributed by atoms with Gasteiger partial charge in [-0.1, -0.05) is 18.2 Å². The summed E-state index contributed by atoms with van der Waals surface area (Å²) < 4.78 is 50.3. The molecule has 0 unspecified atom stereocenters. The van der Waals surface area contributed by atoms with Gasteiger partial charge in [-0.15, -0.1) is 11.3 Å². The molecule has 0 bridgehead atoms. The van der Waals surface area contributed by atoms with E-state index in [1.165, 1.54) is 17.4 Å². The molecule has 2 aliphatic heterocycles. The molecule has 0 atom stereocenters. The van der Waals surface area contributed by atoms with Crippen molar-refractivity contribution in [2.75, 3.05) is 26.3 Å². The molecular formula is C26H25F3N2O3S. The quantitative estimate of drug-likeness (QED) is 0.494. The molecule has 2 aliphatic rings. The second-order valence-electron chi connectivity index (χ2n) is 8.74. The van der Waals surface area contributed by atoms with E-state index in [4.69, 9.17) is 9.47 Å². The first-order valence-electron chi connectivity index (χ1n) is 11.5. The number of nitrogens with one attached hydrogen (secondary N) is 1. The Labute approximate surface area is 205 Å². The van der Waals surface area contributed by atoms with Crippen molar-refractivity contribution in [2.45, 2.75) is 31.6 Å². The lowest BCUT2D eigenvalue weighted by atomic mass is 10.0. The fourth-order valence-corrected chi connectivity index (χ4v) is 5.31. The summed E-state index contributed by atoms with van der Waals surface area (Å²) in [6.07, 6.45) is -2.73. The van der Waals surface area contributed by atoms with E-state index in [0.29, 0.717) is 28.5 Å². The number of thiophene rings is 1. The van der Waals surface area contributed by atoms with Gasteiger partial charge in [0.1, 0.15) is 13.2 Å². The highest BCUT2D eigenvalue weighted by molar-refractivity contribution is 7.17. The molecule has 9 heteroatoms. The summed E-state index contributed by atoms with van der Waals surface area (Å²) in [5, 5.41) is 3.09. The average Bonchev–Trinajstić information content (AvgIpc) is 3.35. The van der Waals surface area contributed by atoms with Gasteiger partial charge in [0.25, 0.3) is 5.91 Å². The monoisotopic (exact) mass is 502 g/mol. The highest BCUT2D eigenvalue weighted by Gasteiger charge is 2.30. The van der Waals surface area contributed by atoms with Crippen LogP contribution in [0.3, 0.4) is 0 Å². The third kappa shape index (κ3) is 5.62. The van der Waals surface area contributed by atoms with E-state index in [2.05, 4.69) is 16.3 Å². The molecule has 184 valence electrons. The Kier molecular flexibility index (Phi) is 6.71. The predicted molar refractivity (Wildman–Crippen MR) is 128 cm³/mol. The summed E-state index contributed by atoms with van der Waals surface area (Å²) >= 11 is 1.20. The molecule has 3 heterocycles. The molecule has 1 fully saturated rings. The van der Waals surface area contributed by atoms with Crippen molar-refractivity contribution >= 4 is 17.2 Å². The number of carbonyl (C=O) groups excluding carboxylic acids is 1. The third-order valence-corrected chi connectivity index (χ3v) is 7.37. The number of halogens is 3. The highest BCUT2D eigenvalue weighted by Crippen LogP contribution is 2.35. The Balaban J connectivity index is 1.14. The minimum Gasteiger partial charge on any atom is -0.486 e. The van der Waals surface area contributed by atoms with Gasteiger partial charge >= 0.3 is 6.18 Å². The van der Waals surface area contributed by atoms with Crippen molar-refractivity contribution in [1.82, 2.24) is 10.2 Å². The number of likely N-dealkylation sites (tertiary alicyclic amines) is 1. The first kappa shape index (κ1) is 23.7. The lowest BCUT2D eigenvalue weighted by molar-refractivity contribution is -0.137. The third-order valence-electron chi connectivity index (χ3n) is 6.24. The summed E-state index contributed by atoms with van der Waals surface area (Å²) in [7, 11) is 0. The number of amides is 1. The van der Waals surface area contributed by atoms with Crippen LogP contribution in [0.5, 0.6) is 11.5 Å². The number of fused-ring (bicyclic) bond motifs is 1. The Morgan fingerprint density at radius 1 is 1.00 bits per heavy atom. The molecule has 0 spiro atoms. The highest BCUT2D eigenvalue weighted by atomic mass is 32.1. The van der Waals surface area contributed by atoms with Gasteiger partial charge in [0, 0.05) is 30.6 Å². The number of nitrogens with zero attached hydrogens (tertiary/aromatic N) is 1. The molecule has 2 aromatic carbocycles. The lowest BCUT2D eigenvalue weighted by Crippen LogP contribution is -2.44. The SMILES string of the molecule is O=C(NC1CCN(Cc2ccc3c(c2)OCCO3)CC1)c1ccc(-c2cccc(C(F)(F)F)c2)s1. The first-order valence-corrected chi connectivity index (χ1v) is 12.4. The Morgan fingerprint density at radius 3 is 2.54 bits per heavy atom. The lowest BCUT2D eigenvalue weighted by Gasteiger charge is -2.32. The fraction of sp³-hybridized carbons (Fsp3) is 0.346. The van der Waals surface area contributed by atoms with E-state index in [-0.39, 0.29) is 11.9 Å². The zero-order chi connectivity index (χ0) is 24.4. The molecule has 0 aliphatic carbocycles. The second-order valence-corrected chi connectivity index (χ2v) is 9.83. The molecule has 1 saturated heterocycles. The molecule has 1 N–H and O–H groups in total. The van der Waals surface area contributed by atoms with E-state index in [9.17, 15) is 18.0 Å². The van der Waals surface area contributed by atoms with Crippen molar-refractivity contribution in [3.8, 4) is 21.9 Å². The van der Waals surface area contributed by atoms with E-state index >= 15 is 0 Å². The minimum absolute atomic E-state index is 0.0677. The van der Waals surface area contributed by atoms with Crippen LogP contribution in [0.4, 0.5) is 13.2 Å². The fourth-order valence-electron chi connectivity index (χ4n) is 4.40. The van der Waals surface area contributed by atoms with Crippen molar-refractivity contribution in [3.05, 3.63) is 70.6 Å². The van der Waals surface area contributed by atoms with Crippen molar-refractivity contribution < 1.29 is 27.4 Å². The van der Waals surface area contributed by atoms with Gasteiger partial charge < -0.3 is 14.8 Å². The maximum absolute atomic E-state index is 13.0. The first-order chi connectivity index (χ1) is 16.8. The van der Waals surface area contributed by atoms with Crippen molar-refractivity contribution in [1.29, 1.82) is 0 Å². The summed E-state index contributed by atoms with van der Waals surface area (Å²) in [6.45, 7) is 3.66. The van der Waals surface area contributed by atoms with Gasteiger partial charge in [0.15, 0.2) is 11.5 Å². The average molecular weight is 503 g/mol. The van der Waals surface area contributed by atoms with Gasteiger partial charge in [-0.05, 0) is 60.4 Å². The molecule has 3 aromatic rings. The van der Waals surface area contributed by atoms with Crippen LogP contribution in [0.2, 0.25) is 0 Å². The van der Waals surface area contributed by atoms with Crippen molar-refractivity contribution in [2.24, 2.45) is 0 Å². The number of hydrogen-bond donors (Lipinski definition) is 1. The van der Waals surface area contributed by atoms with Gasteiger partial charge in [0.2, 0.25) is 0 Å². The van der Waals surface area contributed by atoms with Crippen molar-refractivity contribution in [3.63, 3.8) is 0 Å². The van der Waals surface area contributed by atoms with Gasteiger partial charge in [-0.3, -0.25) is 9.69 Å². The summed E-state index contributed by atoms with van der Waals surface area (Å²) in [6, 6.07) is 14.6. The number of benzene rings is 2. The smallest absolute Gasteiger partial charge is 0.416 e. The van der Waals surface area contributed by atoms with E-state index in [1.807, 2.05) is 12.1 Å². The predicted octanol–water partition coefficient (Wildman–Crippen LogP) is 5.60. The van der Waals surface area contributed by atoms with Crippen LogP contribution in [0.15, 0.2) is 54.6 Å². The maximum Gasteiger partial charge on any atom is 0.416 e. The zero-order valence-electron chi connectivity index (χ0n) is 18.9. The molecule has 5 rings (SSSR count). The van der Waals surface area contributed by atoms with E-state index < -0.39 is 11.7 Å². The topological polar surface area (TPSA) is 50.8 Å². The maximum atomic E-state index is 13.0. The van der Waals surface area contributed by atoms with Gasteiger partial charge in [0.05, 0.1) is 10.4 Å². The minimum atomic E-state index is -4.40. The van der Waals surface area contributed by atoms with E-state index in [0.717, 1.165) is 61.7 Å². The van der Waals surface area contributed by atoms with Crippen LogP contribution in [0.25, 0.3) is 10.4 Å². The molecule has 5 nitrogen and oxygen atoms in total. The van der Waals surface area contributed by atoms with Crippen LogP contribution >= 0.6 is 11.3 Å². The summed E-state index contributed by atoms with van der Waals surface area (Å²) in [4.78, 5) is 16.3. The Bertz CT molecular complexity index is 1200. The standard InChI is InChI=1S/C26H25F3N2O3S/c27-26(28,29)19-3-1-2-18(15-19)23-6-7-24(35-23)25(32)30-20-8-10-31(11-9-20)16-17-4-5-21-22(14-17)34-13-12-33-21/h1-7,14-15,20H,8-13,16H2,(H,30,32). The molecule has 35 heavy (non-hydrogen) atoms. The van der Waals surface area contributed by atoms with Crippen LogP contribution in [0, 0.1) is 0 Å².